The van der Waals surface area contributed by atoms with E-state index >= 15 is 0 Å². The number of pyridine rings is 1. The molecule has 1 saturated heterocycles. The van der Waals surface area contributed by atoms with Crippen LogP contribution >= 0.6 is 0 Å². The average molecular weight is 535 g/mol. The Labute approximate surface area is 227 Å². The zero-order valence-electron chi connectivity index (χ0n) is 23.5. The largest absolute Gasteiger partial charge is 0.444 e. The van der Waals surface area contributed by atoms with Gasteiger partial charge in [0.05, 0.1) is 23.4 Å². The summed E-state index contributed by atoms with van der Waals surface area (Å²) in [5.74, 6) is 0.997. The number of piperidine rings is 1. The van der Waals surface area contributed by atoms with Crippen molar-refractivity contribution in [1.82, 2.24) is 29.2 Å². The molecule has 1 amide bonds. The highest BCUT2D eigenvalue weighted by atomic mass is 16.6. The number of rotatable bonds is 5. The highest BCUT2D eigenvalue weighted by molar-refractivity contribution is 5.90. The Morgan fingerprint density at radius 2 is 1.85 bits per heavy atom. The molecular weight excluding hydrogens is 496 g/mol. The molecule has 0 unspecified atom stereocenters. The Morgan fingerprint density at radius 1 is 1.13 bits per heavy atom. The molecule has 4 heterocycles. The molecule has 1 spiro atoms. The first-order valence-corrected chi connectivity index (χ1v) is 13.9. The number of amides is 1. The number of carbonyl (C=O) groups is 1. The minimum Gasteiger partial charge on any atom is -0.444 e. The van der Waals surface area contributed by atoms with Crippen molar-refractivity contribution >= 4 is 34.4 Å². The van der Waals surface area contributed by atoms with Gasteiger partial charge < -0.3 is 24.8 Å². The lowest BCUT2D eigenvalue weighted by molar-refractivity contribution is -0.0258. The molecule has 11 nitrogen and oxygen atoms in total. The van der Waals surface area contributed by atoms with E-state index in [0.29, 0.717) is 28.7 Å². The van der Waals surface area contributed by atoms with Crippen LogP contribution < -0.4 is 16.2 Å². The number of nitrogens with zero attached hydrogens (tertiary/aromatic N) is 6. The highest BCUT2D eigenvalue weighted by Gasteiger charge is 2.47. The molecule has 0 atom stereocenters. The predicted octanol–water partition coefficient (Wildman–Crippen LogP) is 4.59. The summed E-state index contributed by atoms with van der Waals surface area (Å²) >= 11 is 0. The van der Waals surface area contributed by atoms with Crippen molar-refractivity contribution < 1.29 is 9.53 Å². The molecule has 208 valence electrons. The topological polar surface area (TPSA) is 119 Å². The number of nitrogens with one attached hydrogen (secondary N) is 2. The third kappa shape index (κ3) is 5.18. The van der Waals surface area contributed by atoms with E-state index in [9.17, 15) is 9.59 Å². The molecule has 2 aliphatic carbocycles. The van der Waals surface area contributed by atoms with Gasteiger partial charge in [-0.2, -0.15) is 10.1 Å². The number of ether oxygens (including phenoxy) is 1. The van der Waals surface area contributed by atoms with Crippen molar-refractivity contribution in [2.45, 2.75) is 83.4 Å². The molecule has 3 aromatic heterocycles. The van der Waals surface area contributed by atoms with Crippen LogP contribution in [0.3, 0.4) is 0 Å². The van der Waals surface area contributed by atoms with E-state index in [0.717, 1.165) is 57.3 Å². The van der Waals surface area contributed by atoms with Crippen LogP contribution in [0, 0.1) is 5.41 Å². The van der Waals surface area contributed by atoms with Crippen molar-refractivity contribution in [3.63, 3.8) is 0 Å². The van der Waals surface area contributed by atoms with Crippen LogP contribution in [0.5, 0.6) is 0 Å². The third-order valence-electron chi connectivity index (χ3n) is 8.39. The van der Waals surface area contributed by atoms with Crippen molar-refractivity contribution in [3.05, 3.63) is 35.0 Å². The van der Waals surface area contributed by atoms with Gasteiger partial charge in [-0.15, -0.1) is 0 Å². The van der Waals surface area contributed by atoms with Gasteiger partial charge in [-0.25, -0.2) is 9.78 Å². The number of likely N-dealkylation sites (tertiary alicyclic amines) is 1. The van der Waals surface area contributed by atoms with Crippen molar-refractivity contribution in [3.8, 4) is 0 Å². The summed E-state index contributed by atoms with van der Waals surface area (Å²) in [5.41, 5.74) is 1.07. The van der Waals surface area contributed by atoms with Crippen LogP contribution in [-0.4, -0.2) is 59.5 Å². The van der Waals surface area contributed by atoms with Crippen LogP contribution in [-0.2, 0) is 11.8 Å². The van der Waals surface area contributed by atoms with E-state index in [1.165, 1.54) is 0 Å². The quantitative estimate of drug-likeness (QED) is 0.488. The van der Waals surface area contributed by atoms with E-state index in [4.69, 9.17) is 9.72 Å². The van der Waals surface area contributed by atoms with Gasteiger partial charge in [-0.1, -0.05) is 0 Å². The number of hydrogen-bond acceptors (Lipinski definition) is 8. The zero-order valence-corrected chi connectivity index (χ0v) is 23.5. The van der Waals surface area contributed by atoms with Crippen LogP contribution in [0.2, 0.25) is 0 Å². The van der Waals surface area contributed by atoms with Crippen LogP contribution in [0.1, 0.15) is 72.3 Å². The fourth-order valence-corrected chi connectivity index (χ4v) is 5.74. The Kier molecular flexibility index (Phi) is 5.89. The smallest absolute Gasteiger partial charge is 0.410 e. The number of hydrogen-bond donors (Lipinski definition) is 2. The van der Waals surface area contributed by atoms with Gasteiger partial charge in [0.25, 0.3) is 5.56 Å². The standard InChI is InChI=1S/C28H38N8O3/c1-26(2,3)39-25(38)35-12-9-28(10-13-35)14-19(15-28)36-17-18(16-29-36)30-24-31-20-6-11-34(5)23(37)21(20)22(32-24)33-27(4)7-8-27/h6,11,16-17,19H,7-10,12-15H2,1-5H3,(H2,30,31,32,33). The van der Waals surface area contributed by atoms with Gasteiger partial charge in [-0.05, 0) is 77.7 Å². The SMILES string of the molecule is Cn1ccc2nc(Nc3cnn(C4CC5(CCN(C(=O)OC(C)(C)C)CC5)C4)c3)nc(NC3(C)CC3)c2c1=O. The fraction of sp³-hybridized carbons (Fsp3) is 0.607. The molecule has 0 aromatic carbocycles. The van der Waals surface area contributed by atoms with E-state index < -0.39 is 5.60 Å². The molecule has 6 rings (SSSR count). The van der Waals surface area contributed by atoms with Crippen molar-refractivity contribution in [2.24, 2.45) is 12.5 Å². The lowest BCUT2D eigenvalue weighted by Crippen LogP contribution is -2.50. The minimum absolute atomic E-state index is 0.0342. The summed E-state index contributed by atoms with van der Waals surface area (Å²) in [7, 11) is 1.74. The first kappa shape index (κ1) is 25.6. The van der Waals surface area contributed by atoms with Gasteiger partial charge in [0.15, 0.2) is 0 Å². The van der Waals surface area contributed by atoms with E-state index in [2.05, 4.69) is 27.6 Å². The van der Waals surface area contributed by atoms with Crippen LogP contribution in [0.4, 0.5) is 22.2 Å². The van der Waals surface area contributed by atoms with E-state index in [-0.39, 0.29) is 22.6 Å². The molecule has 0 radical (unpaired) electrons. The number of aromatic nitrogens is 5. The average Bonchev–Trinajstić information content (AvgIpc) is 3.39. The lowest BCUT2D eigenvalue weighted by Gasteiger charge is -2.52. The monoisotopic (exact) mass is 534 g/mol. The second kappa shape index (κ2) is 8.96. The van der Waals surface area contributed by atoms with E-state index in [1.807, 2.05) is 42.6 Å². The Morgan fingerprint density at radius 3 is 2.51 bits per heavy atom. The Hall–Kier alpha value is -3.63. The predicted molar refractivity (Wildman–Crippen MR) is 149 cm³/mol. The molecule has 39 heavy (non-hydrogen) atoms. The first-order valence-electron chi connectivity index (χ1n) is 13.9. The minimum atomic E-state index is -0.470. The number of fused-ring (bicyclic) bond motifs is 1. The maximum atomic E-state index is 12.9. The molecule has 1 aliphatic heterocycles. The molecule has 3 fully saturated rings. The first-order chi connectivity index (χ1) is 18.4. The Bertz CT molecular complexity index is 1470. The van der Waals surface area contributed by atoms with Gasteiger partial charge in [0.2, 0.25) is 5.95 Å². The highest BCUT2D eigenvalue weighted by Crippen LogP contribution is 2.54. The van der Waals surface area contributed by atoms with Gasteiger partial charge >= 0.3 is 6.09 Å². The molecule has 11 heteroatoms. The molecule has 3 aliphatic rings. The third-order valence-corrected chi connectivity index (χ3v) is 8.39. The van der Waals surface area contributed by atoms with Gasteiger partial charge in [-0.3, -0.25) is 9.48 Å². The van der Waals surface area contributed by atoms with Crippen molar-refractivity contribution in [2.75, 3.05) is 23.7 Å². The van der Waals surface area contributed by atoms with Crippen LogP contribution in [0.15, 0.2) is 29.5 Å². The normalized spacial score (nSPS) is 20.1. The maximum Gasteiger partial charge on any atom is 0.410 e. The summed E-state index contributed by atoms with van der Waals surface area (Å²) in [6.45, 7) is 9.32. The summed E-state index contributed by atoms with van der Waals surface area (Å²) in [6.07, 6.45) is 11.5. The van der Waals surface area contributed by atoms with Crippen LogP contribution in [0.25, 0.3) is 10.9 Å². The number of carbonyl (C=O) groups excluding carboxylic acids is 1. The Balaban J connectivity index is 1.11. The van der Waals surface area contributed by atoms with E-state index in [1.54, 1.807) is 24.0 Å². The van der Waals surface area contributed by atoms with Gasteiger partial charge in [0.1, 0.15) is 16.8 Å². The van der Waals surface area contributed by atoms with Crippen molar-refractivity contribution in [1.29, 1.82) is 0 Å². The fourth-order valence-electron chi connectivity index (χ4n) is 5.74. The summed E-state index contributed by atoms with van der Waals surface area (Å²) in [6, 6.07) is 2.18. The lowest BCUT2D eigenvalue weighted by atomic mass is 9.60. The zero-order chi connectivity index (χ0) is 27.6. The summed E-state index contributed by atoms with van der Waals surface area (Å²) < 4.78 is 9.12. The molecule has 3 aromatic rings. The molecule has 2 saturated carbocycles. The number of aryl methyl sites for hydroxylation is 1. The molecular formula is C28H38N8O3. The summed E-state index contributed by atoms with van der Waals surface area (Å²) in [5, 5.41) is 11.9. The second-order valence-electron chi connectivity index (χ2n) is 12.9. The van der Waals surface area contributed by atoms with Gasteiger partial charge in [0, 0.05) is 38.1 Å². The molecule has 0 bridgehead atoms. The molecule has 2 N–H and O–H groups in total. The number of anilines is 3. The summed E-state index contributed by atoms with van der Waals surface area (Å²) in [4.78, 5) is 36.4. The second-order valence-corrected chi connectivity index (χ2v) is 12.9. The maximum absolute atomic E-state index is 12.9.